The van der Waals surface area contributed by atoms with Crippen LogP contribution in [0.4, 0.5) is 16.4 Å². The second-order valence-corrected chi connectivity index (χ2v) is 7.18. The fourth-order valence-electron chi connectivity index (χ4n) is 3.91. The molecule has 0 bridgehead atoms. The monoisotopic (exact) mass is 433 g/mol. The number of amides is 1. The highest BCUT2D eigenvalue weighted by Crippen LogP contribution is 2.45. The van der Waals surface area contributed by atoms with Crippen molar-refractivity contribution in [3.05, 3.63) is 59.8 Å². The molecule has 32 heavy (non-hydrogen) atoms. The fraction of sp³-hybridized carbons (Fsp3) is 0.136. The lowest BCUT2D eigenvalue weighted by Crippen LogP contribution is -2.15. The van der Waals surface area contributed by atoms with Crippen molar-refractivity contribution in [3.8, 4) is 28.5 Å². The Morgan fingerprint density at radius 1 is 1.19 bits per heavy atom. The van der Waals surface area contributed by atoms with E-state index in [0.29, 0.717) is 11.3 Å². The number of aromatic nitrogens is 3. The molecule has 5 rings (SSSR count). The minimum Gasteiger partial charge on any atom is -0.504 e. The molecule has 0 saturated carbocycles. The van der Waals surface area contributed by atoms with Crippen LogP contribution < -0.4 is 15.4 Å². The predicted octanol–water partition coefficient (Wildman–Crippen LogP) is 3.51. The van der Waals surface area contributed by atoms with Gasteiger partial charge in [0.1, 0.15) is 5.69 Å². The minimum atomic E-state index is -0.673. The average Bonchev–Trinajstić information content (AvgIpc) is 3.16. The second kappa shape index (κ2) is 7.34. The molecule has 0 fully saturated rings. The topological polar surface area (TPSA) is 130 Å². The van der Waals surface area contributed by atoms with E-state index in [4.69, 9.17) is 4.74 Å². The van der Waals surface area contributed by atoms with Gasteiger partial charge in [0, 0.05) is 23.0 Å². The molecule has 1 aliphatic rings. The van der Waals surface area contributed by atoms with Crippen molar-refractivity contribution in [2.24, 2.45) is 0 Å². The molecular weight excluding hydrogens is 414 g/mol. The van der Waals surface area contributed by atoms with Crippen molar-refractivity contribution in [2.45, 2.75) is 6.04 Å². The Hall–Kier alpha value is -4.47. The zero-order valence-electron chi connectivity index (χ0n) is 17.2. The van der Waals surface area contributed by atoms with Gasteiger partial charge in [-0.15, -0.1) is 5.10 Å². The average molecular weight is 433 g/mol. The molecule has 1 unspecified atom stereocenters. The number of fused-ring (bicyclic) bond motifs is 2. The second-order valence-electron chi connectivity index (χ2n) is 7.18. The molecule has 162 valence electrons. The van der Waals surface area contributed by atoms with E-state index in [2.05, 4.69) is 25.5 Å². The van der Waals surface area contributed by atoms with Gasteiger partial charge in [-0.05, 0) is 29.8 Å². The SMILES string of the molecule is COC(=O)Nc1nc2c3c(ccn3n1)C(c1cc(O)c(O)c(OC)c1)Nc1ccccc1-2. The summed E-state index contributed by atoms with van der Waals surface area (Å²) in [5.41, 5.74) is 4.47. The zero-order valence-corrected chi connectivity index (χ0v) is 17.2. The summed E-state index contributed by atoms with van der Waals surface area (Å²) in [6.45, 7) is 0. The van der Waals surface area contributed by atoms with Crippen molar-refractivity contribution in [3.63, 3.8) is 0 Å². The molecule has 2 aromatic carbocycles. The highest BCUT2D eigenvalue weighted by Gasteiger charge is 2.29. The summed E-state index contributed by atoms with van der Waals surface area (Å²) in [7, 11) is 2.69. The van der Waals surface area contributed by atoms with Gasteiger partial charge in [-0.3, -0.25) is 5.32 Å². The van der Waals surface area contributed by atoms with E-state index < -0.39 is 12.1 Å². The molecule has 1 amide bonds. The maximum Gasteiger partial charge on any atom is 0.413 e. The number of phenols is 2. The normalized spacial score (nSPS) is 14.2. The summed E-state index contributed by atoms with van der Waals surface area (Å²) in [5, 5.41) is 30.7. The van der Waals surface area contributed by atoms with Crippen LogP contribution in [0.15, 0.2) is 48.7 Å². The van der Waals surface area contributed by atoms with E-state index in [1.165, 1.54) is 20.3 Å². The number of hydrogen-bond donors (Lipinski definition) is 4. The summed E-state index contributed by atoms with van der Waals surface area (Å²) in [6, 6.07) is 12.2. The lowest BCUT2D eigenvalue weighted by Gasteiger charge is -2.20. The molecule has 4 N–H and O–H groups in total. The highest BCUT2D eigenvalue weighted by molar-refractivity contribution is 5.91. The standard InChI is InChI=1S/C22H19N5O5/c1-31-16-10-11(9-15(28)20(16)29)17-13-7-8-27-19(13)18(12-5-3-4-6-14(12)23-17)24-21(26-27)25-22(30)32-2/h3-10,17,23,28-29H,1-2H3,(H,25,26,30). The Balaban J connectivity index is 1.76. The number of carbonyl (C=O) groups excluding carboxylic acids is 1. The number of phenolic OH excluding ortho intramolecular Hbond substituents is 2. The quantitative estimate of drug-likeness (QED) is 0.361. The van der Waals surface area contributed by atoms with Gasteiger partial charge in [0.25, 0.3) is 5.95 Å². The van der Waals surface area contributed by atoms with Crippen LogP contribution in [0.25, 0.3) is 16.8 Å². The van der Waals surface area contributed by atoms with Crippen LogP contribution in [-0.2, 0) is 4.74 Å². The summed E-state index contributed by atoms with van der Waals surface area (Å²) in [4.78, 5) is 16.3. The lowest BCUT2D eigenvalue weighted by molar-refractivity contribution is 0.186. The maximum atomic E-state index is 11.7. The number of aromatic hydroxyl groups is 2. The summed E-state index contributed by atoms with van der Waals surface area (Å²) in [5.74, 6) is -0.361. The van der Waals surface area contributed by atoms with Gasteiger partial charge in [-0.1, -0.05) is 18.2 Å². The first-order valence-electron chi connectivity index (χ1n) is 9.70. The van der Waals surface area contributed by atoms with Gasteiger partial charge in [0.15, 0.2) is 11.5 Å². The van der Waals surface area contributed by atoms with Gasteiger partial charge in [-0.25, -0.2) is 14.3 Å². The Kier molecular flexibility index (Phi) is 4.47. The Labute approximate surface area is 182 Å². The molecule has 4 aromatic rings. The number of nitrogens with zero attached hydrogens (tertiary/aromatic N) is 3. The van der Waals surface area contributed by atoms with Crippen molar-refractivity contribution in [1.82, 2.24) is 14.6 Å². The first-order chi connectivity index (χ1) is 15.5. The third-order valence-electron chi connectivity index (χ3n) is 5.36. The molecule has 2 aromatic heterocycles. The van der Waals surface area contributed by atoms with E-state index in [-0.39, 0.29) is 23.2 Å². The van der Waals surface area contributed by atoms with E-state index in [9.17, 15) is 15.0 Å². The molecule has 1 aliphatic heterocycles. The van der Waals surface area contributed by atoms with E-state index in [0.717, 1.165) is 22.3 Å². The summed E-state index contributed by atoms with van der Waals surface area (Å²) < 4.78 is 11.5. The first-order valence-corrected chi connectivity index (χ1v) is 9.70. The third kappa shape index (κ3) is 3.00. The van der Waals surface area contributed by atoms with Crippen LogP contribution in [-0.4, -0.2) is 45.1 Å². The van der Waals surface area contributed by atoms with Crippen molar-refractivity contribution >= 4 is 23.2 Å². The van der Waals surface area contributed by atoms with Gasteiger partial charge in [-0.2, -0.15) is 0 Å². The van der Waals surface area contributed by atoms with Crippen LogP contribution in [0.1, 0.15) is 17.2 Å². The summed E-state index contributed by atoms with van der Waals surface area (Å²) in [6.07, 6.45) is 1.09. The molecule has 0 radical (unpaired) electrons. The van der Waals surface area contributed by atoms with Crippen LogP contribution in [0.2, 0.25) is 0 Å². The number of hydrogen-bond acceptors (Lipinski definition) is 8. The van der Waals surface area contributed by atoms with Crippen molar-refractivity contribution in [2.75, 3.05) is 24.9 Å². The number of para-hydroxylation sites is 1. The molecular formula is C22H19N5O5. The van der Waals surface area contributed by atoms with Crippen LogP contribution in [0.3, 0.4) is 0 Å². The number of rotatable bonds is 3. The minimum absolute atomic E-state index is 0.0960. The Morgan fingerprint density at radius 2 is 2.00 bits per heavy atom. The number of carbonyl (C=O) groups is 1. The number of nitrogens with one attached hydrogen (secondary N) is 2. The van der Waals surface area contributed by atoms with Gasteiger partial charge >= 0.3 is 6.09 Å². The van der Waals surface area contributed by atoms with Crippen LogP contribution in [0, 0.1) is 0 Å². The molecule has 0 aliphatic carbocycles. The summed E-state index contributed by atoms with van der Waals surface area (Å²) >= 11 is 0. The molecule has 0 spiro atoms. The molecule has 3 heterocycles. The highest BCUT2D eigenvalue weighted by atomic mass is 16.5. The molecule has 0 saturated heterocycles. The molecule has 1 atom stereocenters. The van der Waals surface area contributed by atoms with Crippen LogP contribution in [0.5, 0.6) is 17.2 Å². The third-order valence-corrected chi connectivity index (χ3v) is 5.36. The number of anilines is 2. The van der Waals surface area contributed by atoms with E-state index in [1.54, 1.807) is 16.8 Å². The smallest absolute Gasteiger partial charge is 0.413 e. The van der Waals surface area contributed by atoms with E-state index in [1.807, 2.05) is 30.3 Å². The van der Waals surface area contributed by atoms with Crippen molar-refractivity contribution in [1.29, 1.82) is 0 Å². The zero-order chi connectivity index (χ0) is 22.4. The van der Waals surface area contributed by atoms with Gasteiger partial charge in [0.2, 0.25) is 5.75 Å². The molecule has 10 heteroatoms. The lowest BCUT2D eigenvalue weighted by atomic mass is 9.98. The fourth-order valence-corrected chi connectivity index (χ4v) is 3.91. The van der Waals surface area contributed by atoms with Crippen LogP contribution >= 0.6 is 0 Å². The number of methoxy groups -OCH3 is 2. The molecule has 10 nitrogen and oxygen atoms in total. The maximum absolute atomic E-state index is 11.7. The largest absolute Gasteiger partial charge is 0.504 e. The number of ether oxygens (including phenoxy) is 2. The van der Waals surface area contributed by atoms with Crippen molar-refractivity contribution < 1.29 is 24.5 Å². The Morgan fingerprint density at radius 3 is 2.78 bits per heavy atom. The van der Waals surface area contributed by atoms with E-state index >= 15 is 0 Å². The van der Waals surface area contributed by atoms with Gasteiger partial charge < -0.3 is 25.0 Å². The number of benzene rings is 2. The Bertz CT molecular complexity index is 1370. The predicted molar refractivity (Wildman–Crippen MR) is 116 cm³/mol. The van der Waals surface area contributed by atoms with Gasteiger partial charge in [0.05, 0.1) is 25.8 Å². The first kappa shape index (κ1) is 19.5.